The second kappa shape index (κ2) is 4.81. The molecule has 0 fully saturated rings. The number of anilines is 1. The van der Waals surface area contributed by atoms with Gasteiger partial charge in [-0.15, -0.1) is 0 Å². The van der Waals surface area contributed by atoms with E-state index in [0.29, 0.717) is 5.56 Å². The number of benzene rings is 2. The number of hydrogen-bond acceptors (Lipinski definition) is 4. The highest BCUT2D eigenvalue weighted by atomic mass is 16.5. The van der Waals surface area contributed by atoms with Crippen LogP contribution in [0.3, 0.4) is 0 Å². The van der Waals surface area contributed by atoms with E-state index in [4.69, 9.17) is 4.74 Å². The van der Waals surface area contributed by atoms with Crippen molar-refractivity contribution < 1.29 is 9.53 Å². The molecule has 2 aromatic carbocycles. The van der Waals surface area contributed by atoms with E-state index in [-0.39, 0.29) is 0 Å². The minimum absolute atomic E-state index is 0.392. The van der Waals surface area contributed by atoms with Crippen LogP contribution in [0.1, 0.15) is 10.4 Å². The second-order valence-corrected chi connectivity index (χ2v) is 4.47. The van der Waals surface area contributed by atoms with Crippen molar-refractivity contribution in [3.05, 3.63) is 48.2 Å². The van der Waals surface area contributed by atoms with Crippen LogP contribution in [0.5, 0.6) is 0 Å². The summed E-state index contributed by atoms with van der Waals surface area (Å²) < 4.78 is 4.80. The van der Waals surface area contributed by atoms with E-state index in [9.17, 15) is 4.79 Å². The first kappa shape index (κ1) is 12.4. The van der Waals surface area contributed by atoms with Crippen LogP contribution in [0.2, 0.25) is 0 Å². The van der Waals surface area contributed by atoms with Crippen LogP contribution in [-0.2, 0) is 4.74 Å². The van der Waals surface area contributed by atoms with E-state index in [1.165, 1.54) is 7.11 Å². The van der Waals surface area contributed by atoms with Crippen molar-refractivity contribution >= 4 is 33.3 Å². The number of aromatic nitrogens is 1. The van der Waals surface area contributed by atoms with Gasteiger partial charge in [0.2, 0.25) is 0 Å². The number of pyridine rings is 1. The minimum atomic E-state index is -0.392. The Balaban J connectivity index is 2.40. The average Bonchev–Trinajstić information content (AvgIpc) is 2.52. The molecule has 1 heterocycles. The lowest BCUT2D eigenvalue weighted by molar-refractivity contribution is 0.0601. The average molecular weight is 266 g/mol. The zero-order chi connectivity index (χ0) is 14.1. The number of carbonyl (C=O) groups excluding carboxylic acids is 1. The van der Waals surface area contributed by atoms with Crippen molar-refractivity contribution in [1.29, 1.82) is 0 Å². The molecule has 0 saturated heterocycles. The van der Waals surface area contributed by atoms with Gasteiger partial charge >= 0.3 is 5.97 Å². The fourth-order valence-corrected chi connectivity index (χ4v) is 2.47. The van der Waals surface area contributed by atoms with E-state index in [2.05, 4.69) is 10.3 Å². The highest BCUT2D eigenvalue weighted by molar-refractivity contribution is 6.13. The van der Waals surface area contributed by atoms with Gasteiger partial charge in [0.05, 0.1) is 18.3 Å². The molecule has 20 heavy (non-hydrogen) atoms. The first-order valence-corrected chi connectivity index (χ1v) is 6.33. The van der Waals surface area contributed by atoms with Gasteiger partial charge in [0, 0.05) is 24.0 Å². The van der Waals surface area contributed by atoms with Crippen molar-refractivity contribution in [2.45, 2.75) is 0 Å². The fourth-order valence-electron chi connectivity index (χ4n) is 2.47. The predicted molar refractivity (Wildman–Crippen MR) is 80.1 cm³/mol. The van der Waals surface area contributed by atoms with Crippen molar-refractivity contribution in [2.75, 3.05) is 19.5 Å². The summed E-state index contributed by atoms with van der Waals surface area (Å²) in [5.74, 6) is -0.392. The molecular formula is C16H14N2O2. The Labute approximate surface area is 116 Å². The van der Waals surface area contributed by atoms with E-state index in [1.807, 2.05) is 36.4 Å². The quantitative estimate of drug-likeness (QED) is 0.571. The van der Waals surface area contributed by atoms with E-state index < -0.39 is 5.97 Å². The maximum Gasteiger partial charge on any atom is 0.341 e. The molecule has 0 aliphatic carbocycles. The second-order valence-electron chi connectivity index (χ2n) is 4.47. The molecule has 4 heteroatoms. The smallest absolute Gasteiger partial charge is 0.341 e. The highest BCUT2D eigenvalue weighted by Crippen LogP contribution is 2.31. The lowest BCUT2D eigenvalue weighted by Gasteiger charge is -2.12. The number of nitrogens with one attached hydrogen (secondary N) is 1. The van der Waals surface area contributed by atoms with E-state index in [0.717, 1.165) is 27.4 Å². The monoisotopic (exact) mass is 266 g/mol. The van der Waals surface area contributed by atoms with E-state index >= 15 is 0 Å². The summed E-state index contributed by atoms with van der Waals surface area (Å²) in [6, 6.07) is 12.1. The number of esters is 1. The molecule has 4 nitrogen and oxygen atoms in total. The van der Waals surface area contributed by atoms with Crippen LogP contribution in [-0.4, -0.2) is 25.1 Å². The molecule has 0 saturated carbocycles. The van der Waals surface area contributed by atoms with Gasteiger partial charge in [-0.3, -0.25) is 4.98 Å². The van der Waals surface area contributed by atoms with Crippen LogP contribution in [0.4, 0.5) is 5.69 Å². The van der Waals surface area contributed by atoms with Crippen molar-refractivity contribution in [3.8, 4) is 0 Å². The molecule has 100 valence electrons. The Morgan fingerprint density at radius 2 is 1.95 bits per heavy atom. The summed E-state index contributed by atoms with van der Waals surface area (Å²) in [5.41, 5.74) is 2.06. The van der Waals surface area contributed by atoms with Gasteiger partial charge in [-0.05, 0) is 5.39 Å². The summed E-state index contributed by atoms with van der Waals surface area (Å²) in [6.07, 6.45) is 1.56. The number of methoxy groups -OCH3 is 1. The minimum Gasteiger partial charge on any atom is -0.465 e. The molecule has 0 bridgehead atoms. The maximum absolute atomic E-state index is 11.8. The van der Waals surface area contributed by atoms with Crippen LogP contribution in [0.25, 0.3) is 21.7 Å². The summed E-state index contributed by atoms with van der Waals surface area (Å²) >= 11 is 0. The van der Waals surface area contributed by atoms with Gasteiger partial charge in [-0.25, -0.2) is 4.79 Å². The topological polar surface area (TPSA) is 51.2 Å². The number of hydrogen-bond donors (Lipinski definition) is 1. The SMILES string of the molecule is CNc1c(C(=O)OC)cnc2c1ccc1ccccc12. The normalized spacial score (nSPS) is 10.7. The Hall–Kier alpha value is -2.62. The van der Waals surface area contributed by atoms with Crippen LogP contribution < -0.4 is 5.32 Å². The van der Waals surface area contributed by atoms with Crippen molar-refractivity contribution in [1.82, 2.24) is 4.98 Å². The third-order valence-corrected chi connectivity index (χ3v) is 3.42. The summed E-state index contributed by atoms with van der Waals surface area (Å²) in [5, 5.41) is 6.18. The predicted octanol–water partition coefficient (Wildman–Crippen LogP) is 3.22. The standard InChI is InChI=1S/C16H14N2O2/c1-17-14-12-8-7-10-5-3-4-6-11(10)15(12)18-9-13(14)16(19)20-2/h3-9H,1-2H3,(H,17,18). The number of fused-ring (bicyclic) bond motifs is 3. The molecule has 0 amide bonds. The molecular weight excluding hydrogens is 252 g/mol. The molecule has 0 spiro atoms. The van der Waals surface area contributed by atoms with Gasteiger partial charge in [-0.1, -0.05) is 36.4 Å². The lowest BCUT2D eigenvalue weighted by atomic mass is 10.0. The number of nitrogens with zero attached hydrogens (tertiary/aromatic N) is 1. The van der Waals surface area contributed by atoms with E-state index in [1.54, 1.807) is 13.2 Å². The summed E-state index contributed by atoms with van der Waals surface area (Å²) in [6.45, 7) is 0. The largest absolute Gasteiger partial charge is 0.465 e. The Morgan fingerprint density at radius 1 is 1.15 bits per heavy atom. The Bertz CT molecular complexity index is 812. The molecule has 3 rings (SSSR count). The third-order valence-electron chi connectivity index (χ3n) is 3.42. The highest BCUT2D eigenvalue weighted by Gasteiger charge is 2.15. The molecule has 0 aliphatic rings. The van der Waals surface area contributed by atoms with Gasteiger partial charge in [0.1, 0.15) is 5.56 Å². The Kier molecular flexibility index (Phi) is 2.99. The van der Waals surface area contributed by atoms with Crippen LogP contribution in [0.15, 0.2) is 42.6 Å². The van der Waals surface area contributed by atoms with Crippen LogP contribution >= 0.6 is 0 Å². The first-order valence-electron chi connectivity index (χ1n) is 6.33. The fraction of sp³-hybridized carbons (Fsp3) is 0.125. The summed E-state index contributed by atoms with van der Waals surface area (Å²) in [7, 11) is 3.16. The van der Waals surface area contributed by atoms with Gasteiger partial charge < -0.3 is 10.1 Å². The number of ether oxygens (including phenoxy) is 1. The maximum atomic E-state index is 11.8. The molecule has 1 N–H and O–H groups in total. The third kappa shape index (κ3) is 1.77. The number of rotatable bonds is 2. The zero-order valence-electron chi connectivity index (χ0n) is 11.3. The Morgan fingerprint density at radius 3 is 2.70 bits per heavy atom. The molecule has 1 aromatic heterocycles. The van der Waals surface area contributed by atoms with Gasteiger partial charge in [0.15, 0.2) is 0 Å². The molecule has 3 aromatic rings. The van der Waals surface area contributed by atoms with Gasteiger partial charge in [-0.2, -0.15) is 0 Å². The number of carbonyl (C=O) groups is 1. The molecule has 0 aliphatic heterocycles. The molecule has 0 unspecified atom stereocenters. The van der Waals surface area contributed by atoms with Crippen LogP contribution in [0, 0.1) is 0 Å². The molecule has 0 atom stereocenters. The summed E-state index contributed by atoms with van der Waals surface area (Å²) in [4.78, 5) is 16.2. The molecule has 0 radical (unpaired) electrons. The zero-order valence-corrected chi connectivity index (χ0v) is 11.3. The van der Waals surface area contributed by atoms with Crippen molar-refractivity contribution in [2.24, 2.45) is 0 Å². The van der Waals surface area contributed by atoms with Crippen molar-refractivity contribution in [3.63, 3.8) is 0 Å². The first-order chi connectivity index (χ1) is 9.76. The van der Waals surface area contributed by atoms with Gasteiger partial charge in [0.25, 0.3) is 0 Å². The lowest BCUT2D eigenvalue weighted by Crippen LogP contribution is -2.07.